The third-order valence-corrected chi connectivity index (χ3v) is 9.25. The molecule has 1 atom stereocenters. The molecule has 0 bridgehead atoms. The summed E-state index contributed by atoms with van der Waals surface area (Å²) in [6.07, 6.45) is -5.30. The highest BCUT2D eigenvalue weighted by Crippen LogP contribution is 2.32. The lowest BCUT2D eigenvalue weighted by Gasteiger charge is -2.25. The second-order valence-electron chi connectivity index (χ2n) is 9.87. The van der Waals surface area contributed by atoms with Crippen LogP contribution in [-0.2, 0) is 34.3 Å². The number of amides is 1. The maximum Gasteiger partial charge on any atom is 0.430 e. The predicted molar refractivity (Wildman–Crippen MR) is 159 cm³/mol. The Morgan fingerprint density at radius 1 is 1.02 bits per heavy atom. The molecule has 0 aliphatic carbocycles. The van der Waals surface area contributed by atoms with Crippen molar-refractivity contribution in [2.24, 2.45) is 16.0 Å². The average Bonchev–Trinajstić information content (AvgIpc) is 3.41. The molecule has 1 amide bonds. The van der Waals surface area contributed by atoms with E-state index in [1.54, 1.807) is 66.7 Å². The van der Waals surface area contributed by atoms with Crippen molar-refractivity contribution in [1.82, 2.24) is 0 Å². The Morgan fingerprint density at radius 3 is 2.17 bits per heavy atom. The molecule has 0 aromatic heterocycles. The molecule has 1 heterocycles. The largest absolute Gasteiger partial charge is 0.542 e. The summed E-state index contributed by atoms with van der Waals surface area (Å²) in [7, 11) is -7.62. The quantitative estimate of drug-likeness (QED) is 0.171. The first-order valence-electron chi connectivity index (χ1n) is 13.0. The molecule has 1 aliphatic rings. The number of alkyl halides is 3. The van der Waals surface area contributed by atoms with Crippen LogP contribution in [0.1, 0.15) is 24.5 Å². The highest BCUT2D eigenvalue weighted by Gasteiger charge is 2.50. The monoisotopic (exact) mass is 683 g/mol. The third-order valence-electron chi connectivity index (χ3n) is 6.50. The number of anilines is 1. The maximum absolute atomic E-state index is 13.5. The number of sulfonamides is 1. The summed E-state index contributed by atoms with van der Waals surface area (Å²) < 4.78 is 80.7. The van der Waals surface area contributed by atoms with Gasteiger partial charge in [-0.2, -0.15) is 13.2 Å². The summed E-state index contributed by atoms with van der Waals surface area (Å²) >= 11 is 0. The van der Waals surface area contributed by atoms with E-state index in [-0.39, 0.29) is 22.9 Å². The van der Waals surface area contributed by atoms with Crippen molar-refractivity contribution in [2.45, 2.75) is 30.0 Å². The van der Waals surface area contributed by atoms with Crippen LogP contribution in [-0.4, -0.2) is 63.5 Å². The number of hydrogen-bond acceptors (Lipinski definition) is 9. The number of carboxylic acids is 1. The van der Waals surface area contributed by atoms with Crippen LogP contribution in [0.15, 0.2) is 82.8 Å². The number of aliphatic carboxylic acids is 1. The minimum atomic E-state index is -5.19. The molecule has 3 aromatic rings. The first-order valence-corrected chi connectivity index (χ1v) is 16.4. The lowest BCUT2D eigenvalue weighted by atomic mass is 9.94. The van der Waals surface area contributed by atoms with Gasteiger partial charge in [0.1, 0.15) is 11.7 Å². The van der Waals surface area contributed by atoms with Gasteiger partial charge in [-0.25, -0.2) is 22.0 Å². The van der Waals surface area contributed by atoms with Gasteiger partial charge >= 0.3 is 6.18 Å². The zero-order valence-electron chi connectivity index (χ0n) is 23.9. The van der Waals surface area contributed by atoms with Gasteiger partial charge in [0, 0.05) is 29.0 Å². The number of halogens is 3. The molecule has 13 nitrogen and oxygen atoms in total. The number of nitrogens with zero attached hydrogens (tertiary/aromatic N) is 1. The van der Waals surface area contributed by atoms with E-state index in [0.717, 1.165) is 0 Å². The van der Waals surface area contributed by atoms with Crippen molar-refractivity contribution in [3.8, 4) is 11.1 Å². The van der Waals surface area contributed by atoms with Crippen molar-refractivity contribution < 1.29 is 54.9 Å². The first kappa shape index (κ1) is 35.7. The Hall–Kier alpha value is -4.81. The molecule has 0 saturated heterocycles. The van der Waals surface area contributed by atoms with Gasteiger partial charge in [0.25, 0.3) is 11.7 Å². The van der Waals surface area contributed by atoms with Gasteiger partial charge in [-0.1, -0.05) is 54.5 Å². The summed E-state index contributed by atoms with van der Waals surface area (Å²) in [5, 5.41) is 26.6. The maximum atomic E-state index is 13.5. The van der Waals surface area contributed by atoms with Crippen LogP contribution in [0.25, 0.3) is 11.1 Å². The van der Waals surface area contributed by atoms with E-state index in [9.17, 15) is 34.8 Å². The van der Waals surface area contributed by atoms with E-state index in [2.05, 4.69) is 10.5 Å². The zero-order chi connectivity index (χ0) is 34.5. The minimum absolute atomic E-state index is 0.0346. The van der Waals surface area contributed by atoms with Gasteiger partial charge in [-0.3, -0.25) is 15.9 Å². The minimum Gasteiger partial charge on any atom is -0.542 e. The zero-order valence-corrected chi connectivity index (χ0v) is 25.6. The van der Waals surface area contributed by atoms with Gasteiger partial charge < -0.3 is 20.1 Å². The van der Waals surface area contributed by atoms with Gasteiger partial charge in [-0.05, 0) is 35.9 Å². The number of carboxylic acid groups (broad SMARTS) is 1. The van der Waals surface area contributed by atoms with Crippen molar-refractivity contribution >= 4 is 49.0 Å². The molecule has 246 valence electrons. The van der Waals surface area contributed by atoms with Crippen molar-refractivity contribution in [3.63, 3.8) is 0 Å². The number of oxime groups is 1. The van der Waals surface area contributed by atoms with Crippen molar-refractivity contribution in [1.29, 1.82) is 0 Å². The number of nitrogens with one attached hydrogen (secondary N) is 1. The van der Waals surface area contributed by atoms with E-state index >= 15 is 0 Å². The predicted octanol–water partition coefficient (Wildman–Crippen LogP) is -0.299. The van der Waals surface area contributed by atoms with Crippen LogP contribution in [0.5, 0.6) is 0 Å². The number of benzene rings is 3. The van der Waals surface area contributed by atoms with Gasteiger partial charge in [0.15, 0.2) is 9.84 Å². The molecule has 1 unspecified atom stereocenters. The summed E-state index contributed by atoms with van der Waals surface area (Å²) in [6, 6.07) is 19.5. The fraction of sp³-hybridized carbons (Fsp3) is 0.214. The number of amidine groups is 1. The lowest BCUT2D eigenvalue weighted by molar-refractivity contribution is -0.344. The molecule has 7 N–H and O–H groups in total. The SMILES string of the molecule is CCS(=O)(=O)CC1(C(=O)Nc2ccc(-c3ccccc3S(N)(=O)=O)cc2)CC(c2cccc(C(N)=[NH2+])c2)=NO1.O=C([O-])C(F)(F)F. The molecule has 0 fully saturated rings. The topological polar surface area (TPSA) is 237 Å². The van der Waals surface area contributed by atoms with Crippen LogP contribution in [0.3, 0.4) is 0 Å². The smallest absolute Gasteiger partial charge is 0.430 e. The van der Waals surface area contributed by atoms with Crippen LogP contribution in [0.4, 0.5) is 18.9 Å². The fourth-order valence-corrected chi connectivity index (χ4v) is 6.12. The van der Waals surface area contributed by atoms with E-state index in [1.807, 2.05) is 0 Å². The Bertz CT molecular complexity index is 1900. The molecule has 0 spiro atoms. The van der Waals surface area contributed by atoms with E-state index in [1.165, 1.54) is 13.0 Å². The Morgan fingerprint density at radius 2 is 1.63 bits per heavy atom. The molecule has 1 aliphatic heterocycles. The van der Waals surface area contributed by atoms with Crippen LogP contribution in [0.2, 0.25) is 0 Å². The highest BCUT2D eigenvalue weighted by atomic mass is 32.2. The summed E-state index contributed by atoms with van der Waals surface area (Å²) in [5.41, 5.74) is 6.69. The van der Waals surface area contributed by atoms with Crippen molar-refractivity contribution in [3.05, 3.63) is 83.9 Å². The molecular weight excluding hydrogens is 655 g/mol. The summed E-state index contributed by atoms with van der Waals surface area (Å²) in [6.45, 7) is 1.49. The van der Waals surface area contributed by atoms with E-state index < -0.39 is 49.3 Å². The molecule has 4 rings (SSSR count). The highest BCUT2D eigenvalue weighted by molar-refractivity contribution is 7.91. The molecule has 46 heavy (non-hydrogen) atoms. The standard InChI is InChI=1S/C26H27N5O6S2.C2HF3O2/c1-2-38(33,34)16-26(15-22(31-37-26)18-6-5-7-19(14-18)24(27)28)25(32)30-20-12-10-17(11-13-20)21-8-3-4-9-23(21)39(29,35)36;3-2(4,5)1(6)7/h3-14H,2,15-16H2,1H3,(H3,27,28)(H,30,32)(H2,29,35,36);(H,6,7). The number of rotatable bonds is 9. The summed E-state index contributed by atoms with van der Waals surface area (Å²) in [4.78, 5) is 27.8. The number of carbonyl (C=O) groups excluding carboxylic acids is 2. The second kappa shape index (κ2) is 13.7. The Labute approximate surface area is 261 Å². The number of sulfone groups is 1. The van der Waals surface area contributed by atoms with E-state index in [4.69, 9.17) is 31.0 Å². The van der Waals surface area contributed by atoms with Gasteiger partial charge in [0.05, 0.1) is 16.2 Å². The Kier molecular flexibility index (Phi) is 10.6. The van der Waals surface area contributed by atoms with E-state index in [0.29, 0.717) is 33.7 Å². The van der Waals surface area contributed by atoms with Crippen LogP contribution >= 0.6 is 0 Å². The lowest BCUT2D eigenvalue weighted by Crippen LogP contribution is -2.49. The molecule has 0 radical (unpaired) electrons. The molecule has 18 heteroatoms. The molecular formula is C28H28F3N5O8S2. The molecule has 3 aromatic carbocycles. The Balaban J connectivity index is 0.000000738. The number of hydrogen-bond donors (Lipinski definition) is 4. The van der Waals surface area contributed by atoms with Gasteiger partial charge in [-0.15, -0.1) is 0 Å². The number of nitrogens with two attached hydrogens (primary N) is 3. The van der Waals surface area contributed by atoms with Crippen LogP contribution in [0, 0.1) is 0 Å². The number of primary sulfonamides is 1. The summed E-state index contributed by atoms with van der Waals surface area (Å²) in [5.74, 6) is -4.37. The van der Waals surface area contributed by atoms with Crippen molar-refractivity contribution in [2.75, 3.05) is 16.8 Å². The second-order valence-corrected chi connectivity index (χ2v) is 13.8. The molecule has 0 saturated carbocycles. The van der Waals surface area contributed by atoms with Crippen LogP contribution < -0.4 is 26.7 Å². The normalized spacial score (nSPS) is 16.3. The fourth-order valence-electron chi connectivity index (χ4n) is 4.16. The average molecular weight is 684 g/mol. The third kappa shape index (κ3) is 8.89. The first-order chi connectivity index (χ1) is 21.3. The van der Waals surface area contributed by atoms with Gasteiger partial charge in [0.2, 0.25) is 15.6 Å². The number of carbonyl (C=O) groups is 2.